The normalized spacial score (nSPS) is 38.2. The van der Waals surface area contributed by atoms with Crippen LogP contribution in [-0.4, -0.2) is 5.91 Å². The number of hydrogen-bond donors (Lipinski definition) is 1. The van der Waals surface area contributed by atoms with E-state index in [9.17, 15) is 4.79 Å². The first kappa shape index (κ1) is 7.58. The molecule has 0 radical (unpaired) electrons. The maximum absolute atomic E-state index is 10.7. The highest BCUT2D eigenvalue weighted by atomic mass is 16.1. The Labute approximate surface area is 61.8 Å². The summed E-state index contributed by atoms with van der Waals surface area (Å²) < 4.78 is 0. The van der Waals surface area contributed by atoms with E-state index >= 15 is 0 Å². The Morgan fingerprint density at radius 3 is 2.30 bits per heavy atom. The molecule has 2 unspecified atom stereocenters. The summed E-state index contributed by atoms with van der Waals surface area (Å²) >= 11 is 0. The summed E-state index contributed by atoms with van der Waals surface area (Å²) in [6.07, 6.45) is 0.986. The molecule has 1 saturated carbocycles. The van der Waals surface area contributed by atoms with Crippen molar-refractivity contribution in [2.75, 3.05) is 0 Å². The number of nitrogens with two attached hydrogens (primary N) is 1. The van der Waals surface area contributed by atoms with Crippen LogP contribution in [0.25, 0.3) is 0 Å². The Kier molecular flexibility index (Phi) is 1.50. The van der Waals surface area contributed by atoms with Crippen LogP contribution < -0.4 is 5.73 Å². The maximum Gasteiger partial charge on any atom is 0.221 e. The zero-order valence-corrected chi connectivity index (χ0v) is 6.85. The molecule has 0 saturated heterocycles. The second-order valence-electron chi connectivity index (χ2n) is 3.82. The minimum atomic E-state index is -0.129. The first-order valence-electron chi connectivity index (χ1n) is 3.78. The van der Waals surface area contributed by atoms with Gasteiger partial charge >= 0.3 is 0 Å². The van der Waals surface area contributed by atoms with Crippen molar-refractivity contribution >= 4 is 5.91 Å². The Hall–Kier alpha value is -0.530. The van der Waals surface area contributed by atoms with Crippen LogP contribution >= 0.6 is 0 Å². The number of hydrogen-bond acceptors (Lipinski definition) is 1. The maximum atomic E-state index is 10.7. The van der Waals surface area contributed by atoms with Gasteiger partial charge < -0.3 is 5.73 Å². The molecule has 1 aliphatic carbocycles. The fourth-order valence-electron chi connectivity index (χ4n) is 1.44. The fraction of sp³-hybridized carbons (Fsp3) is 0.875. The van der Waals surface area contributed by atoms with Crippen LogP contribution in [0.15, 0.2) is 0 Å². The Balaban J connectivity index is 2.56. The molecule has 0 heterocycles. The topological polar surface area (TPSA) is 43.1 Å². The van der Waals surface area contributed by atoms with E-state index in [0.29, 0.717) is 5.92 Å². The predicted octanol–water partition coefficient (Wildman–Crippen LogP) is 1.15. The van der Waals surface area contributed by atoms with Crippen LogP contribution in [-0.2, 0) is 4.79 Å². The molecular formula is C8H15NO. The highest BCUT2D eigenvalue weighted by Gasteiger charge is 2.55. The second-order valence-corrected chi connectivity index (χ2v) is 3.82. The van der Waals surface area contributed by atoms with E-state index in [-0.39, 0.29) is 17.2 Å². The van der Waals surface area contributed by atoms with Crippen LogP contribution in [0.3, 0.4) is 0 Å². The lowest BCUT2D eigenvalue weighted by Crippen LogP contribution is -2.19. The quantitative estimate of drug-likeness (QED) is 0.616. The summed E-state index contributed by atoms with van der Waals surface area (Å²) in [5.74, 6) is 0.591. The molecule has 2 N–H and O–H groups in total. The van der Waals surface area contributed by atoms with Gasteiger partial charge in [-0.15, -0.1) is 0 Å². The fourth-order valence-corrected chi connectivity index (χ4v) is 1.44. The first-order chi connectivity index (χ1) is 4.48. The van der Waals surface area contributed by atoms with Crippen LogP contribution in [0.4, 0.5) is 0 Å². The van der Waals surface area contributed by atoms with Gasteiger partial charge in [0.25, 0.3) is 0 Å². The van der Waals surface area contributed by atoms with Crippen molar-refractivity contribution in [2.24, 2.45) is 23.0 Å². The van der Waals surface area contributed by atoms with Crippen LogP contribution in [0.5, 0.6) is 0 Å². The van der Waals surface area contributed by atoms with Crippen molar-refractivity contribution in [1.29, 1.82) is 0 Å². The van der Waals surface area contributed by atoms with E-state index in [2.05, 4.69) is 20.8 Å². The van der Waals surface area contributed by atoms with Crippen molar-refractivity contribution in [1.82, 2.24) is 0 Å². The number of carbonyl (C=O) groups excluding carboxylic acids is 1. The Morgan fingerprint density at radius 1 is 1.70 bits per heavy atom. The molecule has 0 aromatic carbocycles. The molecule has 0 bridgehead atoms. The zero-order chi connectivity index (χ0) is 7.94. The van der Waals surface area contributed by atoms with Gasteiger partial charge in [-0.3, -0.25) is 4.79 Å². The minimum absolute atomic E-state index is 0.129. The highest BCUT2D eigenvalue weighted by Crippen LogP contribution is 2.56. The average Bonchev–Trinajstić information content (AvgIpc) is 2.43. The molecule has 0 aliphatic heterocycles. The van der Waals surface area contributed by atoms with E-state index in [1.54, 1.807) is 0 Å². The van der Waals surface area contributed by atoms with E-state index in [4.69, 9.17) is 5.73 Å². The van der Waals surface area contributed by atoms with Gasteiger partial charge in [0.1, 0.15) is 0 Å². The third kappa shape index (κ3) is 0.917. The van der Waals surface area contributed by atoms with Crippen LogP contribution in [0, 0.1) is 17.3 Å². The number of primary amides is 1. The number of amides is 1. The molecule has 1 fully saturated rings. The lowest BCUT2D eigenvalue weighted by atomic mass is 9.92. The highest BCUT2D eigenvalue weighted by molar-refractivity contribution is 5.80. The third-order valence-corrected chi connectivity index (χ3v) is 2.94. The summed E-state index contributed by atoms with van der Waals surface area (Å²) in [5.41, 5.74) is 5.39. The molecule has 10 heavy (non-hydrogen) atoms. The summed E-state index contributed by atoms with van der Waals surface area (Å²) in [4.78, 5) is 10.7. The molecule has 0 aromatic rings. The van der Waals surface area contributed by atoms with E-state index in [1.807, 2.05) is 0 Å². The number of rotatable bonds is 2. The van der Waals surface area contributed by atoms with Gasteiger partial charge in [-0.05, 0) is 17.8 Å². The van der Waals surface area contributed by atoms with Crippen molar-refractivity contribution < 1.29 is 4.79 Å². The van der Waals surface area contributed by atoms with Gasteiger partial charge in [-0.1, -0.05) is 20.8 Å². The van der Waals surface area contributed by atoms with Crippen molar-refractivity contribution in [3.8, 4) is 0 Å². The van der Waals surface area contributed by atoms with E-state index in [0.717, 1.165) is 6.42 Å². The molecule has 2 heteroatoms. The van der Waals surface area contributed by atoms with E-state index < -0.39 is 0 Å². The Morgan fingerprint density at radius 2 is 2.20 bits per heavy atom. The van der Waals surface area contributed by atoms with Crippen molar-refractivity contribution in [2.45, 2.75) is 27.2 Å². The molecule has 1 amide bonds. The zero-order valence-electron chi connectivity index (χ0n) is 6.85. The van der Waals surface area contributed by atoms with Crippen LogP contribution in [0.2, 0.25) is 0 Å². The van der Waals surface area contributed by atoms with Gasteiger partial charge in [-0.2, -0.15) is 0 Å². The molecule has 58 valence electrons. The predicted molar refractivity (Wildman–Crippen MR) is 40.2 cm³/mol. The smallest absolute Gasteiger partial charge is 0.221 e. The van der Waals surface area contributed by atoms with Crippen molar-refractivity contribution in [3.05, 3.63) is 0 Å². The SMILES string of the molecule is CC(C)C1(C)CC1C(N)=O. The Bertz CT molecular complexity index is 165. The molecule has 2 atom stereocenters. The molecule has 1 rings (SSSR count). The average molecular weight is 141 g/mol. The van der Waals surface area contributed by atoms with Gasteiger partial charge in [0.15, 0.2) is 0 Å². The van der Waals surface area contributed by atoms with Gasteiger partial charge in [0.2, 0.25) is 5.91 Å². The van der Waals surface area contributed by atoms with Crippen LogP contribution in [0.1, 0.15) is 27.2 Å². The number of carbonyl (C=O) groups is 1. The van der Waals surface area contributed by atoms with Gasteiger partial charge in [0, 0.05) is 5.92 Å². The van der Waals surface area contributed by atoms with E-state index in [1.165, 1.54) is 0 Å². The van der Waals surface area contributed by atoms with Gasteiger partial charge in [-0.25, -0.2) is 0 Å². The minimum Gasteiger partial charge on any atom is -0.369 e. The van der Waals surface area contributed by atoms with Gasteiger partial charge in [0.05, 0.1) is 0 Å². The lowest BCUT2D eigenvalue weighted by molar-refractivity contribution is -0.120. The first-order valence-corrected chi connectivity index (χ1v) is 3.78. The molecule has 2 nitrogen and oxygen atoms in total. The monoisotopic (exact) mass is 141 g/mol. The summed E-state index contributed by atoms with van der Waals surface area (Å²) in [6.45, 7) is 6.42. The summed E-state index contributed by atoms with van der Waals surface area (Å²) in [7, 11) is 0. The largest absolute Gasteiger partial charge is 0.369 e. The molecule has 0 aromatic heterocycles. The lowest BCUT2D eigenvalue weighted by Gasteiger charge is -2.13. The molecule has 1 aliphatic rings. The second kappa shape index (κ2) is 1.97. The summed E-state index contributed by atoms with van der Waals surface area (Å²) in [5, 5.41) is 0. The standard InChI is InChI=1S/C8H15NO/c1-5(2)8(3)4-6(8)7(9)10/h5-6H,4H2,1-3H3,(H2,9,10). The van der Waals surface area contributed by atoms with Crippen molar-refractivity contribution in [3.63, 3.8) is 0 Å². The molecular weight excluding hydrogens is 126 g/mol. The third-order valence-electron chi connectivity index (χ3n) is 2.94. The summed E-state index contributed by atoms with van der Waals surface area (Å²) in [6, 6.07) is 0. The molecule has 0 spiro atoms.